The van der Waals surface area contributed by atoms with Gasteiger partial charge in [0.2, 0.25) is 11.8 Å². The molecule has 1 heterocycles. The molecule has 8 nitrogen and oxygen atoms in total. The predicted molar refractivity (Wildman–Crippen MR) is 113 cm³/mol. The van der Waals surface area contributed by atoms with Crippen LogP contribution < -0.4 is 16.0 Å². The number of anilines is 2. The van der Waals surface area contributed by atoms with Gasteiger partial charge in [-0.3, -0.25) is 19.3 Å². The molecule has 0 saturated carbocycles. The normalized spacial score (nSPS) is 18.2. The van der Waals surface area contributed by atoms with E-state index in [0.717, 1.165) is 4.90 Å². The van der Waals surface area contributed by atoms with Gasteiger partial charge in [-0.15, -0.1) is 0 Å². The molecule has 3 rings (SSSR count). The Labute approximate surface area is 178 Å². The number of amides is 5. The zero-order valence-electron chi connectivity index (χ0n) is 17.4. The summed E-state index contributed by atoms with van der Waals surface area (Å²) in [6.45, 7) is 4.58. The van der Waals surface area contributed by atoms with Gasteiger partial charge in [0.15, 0.2) is 0 Å². The van der Waals surface area contributed by atoms with Crippen LogP contribution >= 0.6 is 0 Å². The highest BCUT2D eigenvalue weighted by Crippen LogP contribution is 2.29. The fraction of sp³-hybridized carbons (Fsp3) is 0.273. The quantitative estimate of drug-likeness (QED) is 0.618. The molecule has 1 fully saturated rings. The molecule has 0 radical (unpaired) electrons. The van der Waals surface area contributed by atoms with Crippen molar-refractivity contribution in [2.24, 2.45) is 5.92 Å². The molecule has 3 N–H and O–H groups in total. The number of benzene rings is 2. The van der Waals surface area contributed by atoms with Gasteiger partial charge in [-0.1, -0.05) is 26.0 Å². The summed E-state index contributed by atoms with van der Waals surface area (Å²) in [6, 6.07) is 11.0. The zero-order valence-corrected chi connectivity index (χ0v) is 17.4. The third kappa shape index (κ3) is 4.71. The smallest absolute Gasteiger partial charge is 0.325 e. The van der Waals surface area contributed by atoms with E-state index in [1.54, 1.807) is 38.1 Å². The standard InChI is InChI=1S/C22H23FN4O4/c1-13(2)19(29)25-17-10-8-16(9-11-17)24-18(28)12-27-20(30)22(3,26-21(27)31)14-4-6-15(23)7-5-14/h4-11,13H,12H2,1-3H3,(H,24,28)(H,25,29)(H,26,31). The molecule has 2 aromatic carbocycles. The highest BCUT2D eigenvalue weighted by molar-refractivity contribution is 6.10. The number of urea groups is 1. The average molecular weight is 426 g/mol. The van der Waals surface area contributed by atoms with Crippen LogP contribution in [0.3, 0.4) is 0 Å². The number of halogens is 1. The number of carbonyl (C=O) groups is 4. The predicted octanol–water partition coefficient (Wildman–Crippen LogP) is 2.83. The first-order valence-electron chi connectivity index (χ1n) is 9.71. The molecule has 0 bridgehead atoms. The third-order valence-electron chi connectivity index (χ3n) is 4.96. The molecule has 31 heavy (non-hydrogen) atoms. The van der Waals surface area contributed by atoms with E-state index < -0.39 is 35.7 Å². The van der Waals surface area contributed by atoms with Crippen molar-refractivity contribution in [1.29, 1.82) is 0 Å². The zero-order chi connectivity index (χ0) is 22.8. The number of hydrogen-bond acceptors (Lipinski definition) is 4. The molecule has 1 aliphatic heterocycles. The number of nitrogens with zero attached hydrogens (tertiary/aromatic N) is 1. The molecule has 0 spiro atoms. The lowest BCUT2D eigenvalue weighted by molar-refractivity contribution is -0.133. The van der Waals surface area contributed by atoms with Gasteiger partial charge in [0.05, 0.1) is 0 Å². The molecule has 2 aromatic rings. The van der Waals surface area contributed by atoms with Crippen molar-refractivity contribution in [2.75, 3.05) is 17.2 Å². The van der Waals surface area contributed by atoms with E-state index in [-0.39, 0.29) is 11.8 Å². The molecule has 9 heteroatoms. The van der Waals surface area contributed by atoms with E-state index in [1.165, 1.54) is 31.2 Å². The maximum Gasteiger partial charge on any atom is 0.325 e. The van der Waals surface area contributed by atoms with Crippen LogP contribution in [0.2, 0.25) is 0 Å². The van der Waals surface area contributed by atoms with Gasteiger partial charge in [-0.2, -0.15) is 0 Å². The summed E-state index contributed by atoms with van der Waals surface area (Å²) >= 11 is 0. The Morgan fingerprint density at radius 3 is 2.10 bits per heavy atom. The van der Waals surface area contributed by atoms with Crippen LogP contribution in [0.4, 0.5) is 20.6 Å². The van der Waals surface area contributed by atoms with Gasteiger partial charge in [0, 0.05) is 17.3 Å². The maximum atomic E-state index is 13.2. The van der Waals surface area contributed by atoms with E-state index in [1.807, 2.05) is 0 Å². The number of carbonyl (C=O) groups excluding carboxylic acids is 4. The first-order valence-corrected chi connectivity index (χ1v) is 9.71. The monoisotopic (exact) mass is 426 g/mol. The number of nitrogens with one attached hydrogen (secondary N) is 3. The van der Waals surface area contributed by atoms with Gasteiger partial charge >= 0.3 is 6.03 Å². The molecule has 0 aliphatic carbocycles. The van der Waals surface area contributed by atoms with Crippen LogP contribution in [-0.4, -0.2) is 35.2 Å². The second-order valence-corrected chi connectivity index (χ2v) is 7.72. The first-order chi connectivity index (χ1) is 14.6. The van der Waals surface area contributed by atoms with Crippen LogP contribution in [-0.2, 0) is 19.9 Å². The van der Waals surface area contributed by atoms with Crippen molar-refractivity contribution in [3.05, 3.63) is 59.9 Å². The largest absolute Gasteiger partial charge is 0.326 e. The summed E-state index contributed by atoms with van der Waals surface area (Å²) in [7, 11) is 0. The Bertz CT molecular complexity index is 1020. The van der Waals surface area contributed by atoms with E-state index in [0.29, 0.717) is 16.9 Å². The fourth-order valence-electron chi connectivity index (χ4n) is 3.09. The van der Waals surface area contributed by atoms with Crippen LogP contribution in [0.25, 0.3) is 0 Å². The third-order valence-corrected chi connectivity index (χ3v) is 4.96. The Morgan fingerprint density at radius 2 is 1.55 bits per heavy atom. The minimum absolute atomic E-state index is 0.125. The number of rotatable bonds is 6. The van der Waals surface area contributed by atoms with Crippen molar-refractivity contribution in [3.8, 4) is 0 Å². The van der Waals surface area contributed by atoms with Crippen LogP contribution in [0.15, 0.2) is 48.5 Å². The van der Waals surface area contributed by atoms with Gasteiger partial charge in [-0.05, 0) is 48.9 Å². The minimum atomic E-state index is -1.39. The molecule has 0 aromatic heterocycles. The van der Waals surface area contributed by atoms with Gasteiger partial charge < -0.3 is 16.0 Å². The maximum absolute atomic E-state index is 13.2. The van der Waals surface area contributed by atoms with E-state index in [4.69, 9.17) is 0 Å². The number of hydrogen-bond donors (Lipinski definition) is 3. The summed E-state index contributed by atoms with van der Waals surface area (Å²) < 4.78 is 13.2. The van der Waals surface area contributed by atoms with E-state index in [9.17, 15) is 23.6 Å². The molecular weight excluding hydrogens is 403 g/mol. The second kappa shape index (κ2) is 8.55. The van der Waals surface area contributed by atoms with Crippen molar-refractivity contribution in [2.45, 2.75) is 26.3 Å². The summed E-state index contributed by atoms with van der Waals surface area (Å²) in [5.74, 6) is -1.92. The molecule has 1 unspecified atom stereocenters. The second-order valence-electron chi connectivity index (χ2n) is 7.72. The summed E-state index contributed by atoms with van der Waals surface area (Å²) in [5.41, 5.74) is 0.0531. The minimum Gasteiger partial charge on any atom is -0.326 e. The SMILES string of the molecule is CC(C)C(=O)Nc1ccc(NC(=O)CN2C(=O)NC(C)(c3ccc(F)cc3)C2=O)cc1. The Kier molecular flexibility index (Phi) is 6.05. The van der Waals surface area contributed by atoms with Crippen molar-refractivity contribution in [3.63, 3.8) is 0 Å². The lowest BCUT2D eigenvalue weighted by Gasteiger charge is -2.22. The van der Waals surface area contributed by atoms with Crippen LogP contribution in [0.1, 0.15) is 26.3 Å². The molecular formula is C22H23FN4O4. The van der Waals surface area contributed by atoms with Crippen LogP contribution in [0, 0.1) is 11.7 Å². The van der Waals surface area contributed by atoms with E-state index >= 15 is 0 Å². The molecule has 162 valence electrons. The number of imide groups is 1. The Hall–Kier alpha value is -3.75. The molecule has 1 aliphatic rings. The fourth-order valence-corrected chi connectivity index (χ4v) is 3.09. The van der Waals surface area contributed by atoms with Crippen LogP contribution in [0.5, 0.6) is 0 Å². The molecule has 1 saturated heterocycles. The first kappa shape index (κ1) is 21.9. The summed E-state index contributed by atoms with van der Waals surface area (Å²) in [5, 5.41) is 7.92. The van der Waals surface area contributed by atoms with E-state index in [2.05, 4.69) is 16.0 Å². The highest BCUT2D eigenvalue weighted by Gasteiger charge is 2.49. The lowest BCUT2D eigenvalue weighted by atomic mass is 9.92. The van der Waals surface area contributed by atoms with Gasteiger partial charge in [-0.25, -0.2) is 9.18 Å². The van der Waals surface area contributed by atoms with Gasteiger partial charge in [0.25, 0.3) is 5.91 Å². The molecule has 1 atom stereocenters. The van der Waals surface area contributed by atoms with Gasteiger partial charge in [0.1, 0.15) is 17.9 Å². The summed E-state index contributed by atoms with van der Waals surface area (Å²) in [6.07, 6.45) is 0. The Morgan fingerprint density at radius 1 is 1.00 bits per heavy atom. The van der Waals surface area contributed by atoms with Crippen molar-refractivity contribution in [1.82, 2.24) is 10.2 Å². The van der Waals surface area contributed by atoms with Crippen molar-refractivity contribution >= 4 is 35.1 Å². The topological polar surface area (TPSA) is 108 Å². The summed E-state index contributed by atoms with van der Waals surface area (Å²) in [4.78, 5) is 50.1. The highest BCUT2D eigenvalue weighted by atomic mass is 19.1. The molecule has 5 amide bonds. The Balaban J connectivity index is 1.64. The lowest BCUT2D eigenvalue weighted by Crippen LogP contribution is -2.42. The van der Waals surface area contributed by atoms with Crippen molar-refractivity contribution < 1.29 is 23.6 Å². The average Bonchev–Trinajstić information content (AvgIpc) is 2.93.